The molecule has 2 heterocycles. The Hall–Kier alpha value is -2.63. The van der Waals surface area contributed by atoms with Crippen molar-refractivity contribution in [1.29, 1.82) is 0 Å². The number of ether oxygens (including phenoxy) is 1. The molecule has 10 nitrogen and oxygen atoms in total. The molecule has 3 fully saturated rings. The number of rotatable bonds is 6. The second-order valence-corrected chi connectivity index (χ2v) is 11.6. The predicted molar refractivity (Wildman–Crippen MR) is 137 cm³/mol. The van der Waals surface area contributed by atoms with Crippen LogP contribution < -0.4 is 4.74 Å². The van der Waals surface area contributed by atoms with Gasteiger partial charge >= 0.3 is 5.97 Å². The fraction of sp³-hybridized carbons (Fsp3) is 0.480. The summed E-state index contributed by atoms with van der Waals surface area (Å²) in [6.07, 6.45) is 1.35. The van der Waals surface area contributed by atoms with E-state index in [1.54, 1.807) is 12.1 Å². The minimum Gasteiger partial charge on any atom is -0.504 e. The highest BCUT2D eigenvalue weighted by Crippen LogP contribution is 2.65. The standard InChI is InChI=1S/C25H23BrCl2N2O8/c1-38-16-5-2-11(8-15(16)31)19-12-3-4-13-18(21(35)29(20(13)34)7-6-17(32)33)14(12)9-24(27)22(36)30(10-26)23(37)25(19,24)28/h2-3,5,8,13-14,18-19,31H,4,6-7,9-10H2,1H3,(H,32,33)/t13-,14+,18-,19-,24+,25-/m0/s1. The molecule has 1 aromatic carbocycles. The molecule has 4 amide bonds. The van der Waals surface area contributed by atoms with Crippen molar-refractivity contribution in [3.05, 3.63) is 35.4 Å². The van der Waals surface area contributed by atoms with Crippen LogP contribution in [0.1, 0.15) is 30.7 Å². The number of phenolic OH excluding ortho intramolecular Hbond substituents is 1. The van der Waals surface area contributed by atoms with Crippen LogP contribution in [0.25, 0.3) is 0 Å². The van der Waals surface area contributed by atoms with Gasteiger partial charge in [-0.25, -0.2) is 0 Å². The normalized spacial score (nSPS) is 34.2. The van der Waals surface area contributed by atoms with E-state index in [1.807, 2.05) is 0 Å². The van der Waals surface area contributed by atoms with E-state index in [4.69, 9.17) is 33.0 Å². The fourth-order valence-corrected chi connectivity index (χ4v) is 7.93. The number of allylic oxidation sites excluding steroid dienone is 2. The number of alkyl halides is 3. The second kappa shape index (κ2) is 9.24. The third kappa shape index (κ3) is 3.47. The van der Waals surface area contributed by atoms with Crippen molar-refractivity contribution in [3.8, 4) is 11.5 Å². The molecule has 202 valence electrons. The third-order valence-electron chi connectivity index (χ3n) is 8.19. The Balaban J connectivity index is 1.67. The molecule has 13 heteroatoms. The van der Waals surface area contributed by atoms with Gasteiger partial charge in [0.15, 0.2) is 21.2 Å². The van der Waals surface area contributed by atoms with E-state index >= 15 is 0 Å². The molecule has 0 aromatic heterocycles. The van der Waals surface area contributed by atoms with Gasteiger partial charge < -0.3 is 14.9 Å². The van der Waals surface area contributed by atoms with Gasteiger partial charge in [0, 0.05) is 12.5 Å². The number of aliphatic carboxylic acids is 1. The lowest BCUT2D eigenvalue weighted by molar-refractivity contribution is -0.143. The first kappa shape index (κ1) is 27.0. The van der Waals surface area contributed by atoms with Crippen molar-refractivity contribution in [1.82, 2.24) is 9.80 Å². The number of carbonyl (C=O) groups excluding carboxylic acids is 4. The van der Waals surface area contributed by atoms with Crippen molar-refractivity contribution in [2.45, 2.75) is 34.9 Å². The molecule has 2 saturated heterocycles. The number of imide groups is 2. The van der Waals surface area contributed by atoms with Gasteiger partial charge in [-0.3, -0.25) is 33.8 Å². The van der Waals surface area contributed by atoms with E-state index in [1.165, 1.54) is 19.2 Å². The summed E-state index contributed by atoms with van der Waals surface area (Å²) < 4.78 is 5.14. The molecule has 0 spiro atoms. The maximum absolute atomic E-state index is 13.7. The lowest BCUT2D eigenvalue weighted by atomic mass is 9.56. The van der Waals surface area contributed by atoms with E-state index in [0.717, 1.165) is 9.80 Å². The molecule has 6 atom stereocenters. The van der Waals surface area contributed by atoms with E-state index in [2.05, 4.69) is 15.9 Å². The zero-order chi connectivity index (χ0) is 27.7. The number of halogens is 3. The maximum atomic E-state index is 13.7. The number of nitrogens with zero attached hydrogens (tertiary/aromatic N) is 2. The van der Waals surface area contributed by atoms with Crippen LogP contribution in [-0.2, 0) is 24.0 Å². The molecule has 4 aliphatic rings. The minimum atomic E-state index is -1.98. The number of fused-ring (bicyclic) bond motifs is 4. The van der Waals surface area contributed by atoms with Crippen LogP contribution in [0, 0.1) is 17.8 Å². The average molecular weight is 630 g/mol. The molecule has 0 bridgehead atoms. The van der Waals surface area contributed by atoms with Gasteiger partial charge in [0.25, 0.3) is 11.8 Å². The van der Waals surface area contributed by atoms with Gasteiger partial charge in [0.05, 0.1) is 30.8 Å². The Morgan fingerprint density at radius 3 is 2.45 bits per heavy atom. The molecule has 0 unspecified atom stereocenters. The van der Waals surface area contributed by atoms with Gasteiger partial charge in [0.1, 0.15) is 0 Å². The summed E-state index contributed by atoms with van der Waals surface area (Å²) in [7, 11) is 1.38. The van der Waals surface area contributed by atoms with E-state index in [0.29, 0.717) is 11.1 Å². The highest BCUT2D eigenvalue weighted by molar-refractivity contribution is 9.09. The zero-order valence-corrected chi connectivity index (χ0v) is 23.1. The summed E-state index contributed by atoms with van der Waals surface area (Å²) in [5.74, 6) is -7.03. The minimum absolute atomic E-state index is 0.148. The highest BCUT2D eigenvalue weighted by Gasteiger charge is 2.76. The molecule has 1 saturated carbocycles. The van der Waals surface area contributed by atoms with Crippen LogP contribution in [-0.4, -0.2) is 78.5 Å². The Kier molecular flexibility index (Phi) is 6.55. The first-order valence-electron chi connectivity index (χ1n) is 11.9. The smallest absolute Gasteiger partial charge is 0.305 e. The topological polar surface area (TPSA) is 142 Å². The van der Waals surface area contributed by atoms with Crippen molar-refractivity contribution >= 4 is 68.7 Å². The summed E-state index contributed by atoms with van der Waals surface area (Å²) in [5.41, 5.74) is 0.806. The monoisotopic (exact) mass is 628 g/mol. The summed E-state index contributed by atoms with van der Waals surface area (Å²) in [6, 6.07) is 4.49. The SMILES string of the molecule is COc1ccc([C@H]2C3=CC[C@@H]4C(=O)N(CCC(=O)O)C(=O)[C@@H]4[C@@H]3C[C@@]3(Cl)C(=O)N(CBr)C(=O)[C@@]23Cl)cc1O. The molecular weight excluding hydrogens is 607 g/mol. The van der Waals surface area contributed by atoms with E-state index in [9.17, 15) is 29.1 Å². The number of carboxylic acids is 1. The first-order chi connectivity index (χ1) is 17.9. The lowest BCUT2D eigenvalue weighted by Crippen LogP contribution is -2.60. The van der Waals surface area contributed by atoms with Crippen LogP contribution in [0.5, 0.6) is 11.5 Å². The summed E-state index contributed by atoms with van der Waals surface area (Å²) in [5, 5.41) is 19.6. The Bertz CT molecular complexity index is 1320. The van der Waals surface area contributed by atoms with Gasteiger partial charge in [-0.1, -0.05) is 33.6 Å². The van der Waals surface area contributed by atoms with Crippen LogP contribution in [0.3, 0.4) is 0 Å². The van der Waals surface area contributed by atoms with Gasteiger partial charge in [0.2, 0.25) is 11.8 Å². The number of methoxy groups -OCH3 is 1. The number of hydrogen-bond acceptors (Lipinski definition) is 7. The quantitative estimate of drug-likeness (QED) is 0.212. The third-order valence-corrected chi connectivity index (χ3v) is 10.1. The summed E-state index contributed by atoms with van der Waals surface area (Å²) in [4.78, 5) is 62.9. The fourth-order valence-electron chi connectivity index (χ4n) is 6.51. The molecule has 2 N–H and O–H groups in total. The number of hydrogen-bond donors (Lipinski definition) is 2. The lowest BCUT2D eigenvalue weighted by Gasteiger charge is -2.50. The van der Waals surface area contributed by atoms with Crippen molar-refractivity contribution in [3.63, 3.8) is 0 Å². The van der Waals surface area contributed by atoms with Crippen LogP contribution >= 0.6 is 39.1 Å². The number of aromatic hydroxyl groups is 1. The number of carboxylic acid groups (broad SMARTS) is 1. The number of benzene rings is 1. The molecule has 38 heavy (non-hydrogen) atoms. The average Bonchev–Trinajstić information content (AvgIpc) is 3.20. The van der Waals surface area contributed by atoms with Gasteiger partial charge in [-0.2, -0.15) is 0 Å². The van der Waals surface area contributed by atoms with Crippen LogP contribution in [0.2, 0.25) is 0 Å². The Morgan fingerprint density at radius 1 is 1.13 bits per heavy atom. The second-order valence-electron chi connectivity index (χ2n) is 9.89. The number of carbonyl (C=O) groups is 5. The summed E-state index contributed by atoms with van der Waals surface area (Å²) >= 11 is 17.4. The molecule has 1 aromatic rings. The van der Waals surface area contributed by atoms with Crippen LogP contribution in [0.4, 0.5) is 0 Å². The Labute approximate surface area is 235 Å². The van der Waals surface area contributed by atoms with E-state index in [-0.39, 0.29) is 36.3 Å². The van der Waals surface area contributed by atoms with Crippen molar-refractivity contribution in [2.24, 2.45) is 17.8 Å². The molecular formula is C25H23BrCl2N2O8. The predicted octanol–water partition coefficient (Wildman–Crippen LogP) is 2.59. The molecule has 2 aliphatic heterocycles. The van der Waals surface area contributed by atoms with Gasteiger partial charge in [-0.05, 0) is 36.5 Å². The van der Waals surface area contributed by atoms with Crippen LogP contribution in [0.15, 0.2) is 29.8 Å². The zero-order valence-electron chi connectivity index (χ0n) is 20.0. The number of phenols is 1. The largest absolute Gasteiger partial charge is 0.504 e. The Morgan fingerprint density at radius 2 is 1.84 bits per heavy atom. The number of likely N-dealkylation sites (tertiary alicyclic amines) is 2. The van der Waals surface area contributed by atoms with Crippen molar-refractivity contribution in [2.75, 3.05) is 19.1 Å². The van der Waals surface area contributed by atoms with Gasteiger partial charge in [-0.15, -0.1) is 23.2 Å². The molecule has 5 rings (SSSR count). The summed E-state index contributed by atoms with van der Waals surface area (Å²) in [6.45, 7) is -0.266. The maximum Gasteiger partial charge on any atom is 0.305 e. The molecule has 2 aliphatic carbocycles. The number of amides is 4. The highest BCUT2D eigenvalue weighted by atomic mass is 79.9. The van der Waals surface area contributed by atoms with E-state index < -0.39 is 69.4 Å². The van der Waals surface area contributed by atoms with Crippen molar-refractivity contribution < 1.29 is 38.9 Å². The molecule has 0 radical (unpaired) electrons. The first-order valence-corrected chi connectivity index (χ1v) is 13.7.